The molecular weight excluding hydrogens is 368 g/mol. The zero-order valence-electron chi connectivity index (χ0n) is 15.2. The molecule has 0 saturated carbocycles. The molecule has 2 heterocycles. The van der Waals surface area contributed by atoms with Crippen LogP contribution in [0, 0.1) is 19.8 Å². The standard InChI is InChI=1S/C18H22N4O4S/c1-12-17(13(2)22(21-12)15-6-4-3-5-7-15)18(24)20-19-16(23)10-14-8-9-27(25,26)11-14/h3-7,14H,8-11H2,1-2H3,(H,19,23)(H,20,24)/t14-/m1/s1. The molecule has 0 radical (unpaired) electrons. The lowest BCUT2D eigenvalue weighted by molar-refractivity contribution is -0.122. The summed E-state index contributed by atoms with van der Waals surface area (Å²) in [5.74, 6) is -0.919. The van der Waals surface area contributed by atoms with Gasteiger partial charge in [-0.25, -0.2) is 13.1 Å². The summed E-state index contributed by atoms with van der Waals surface area (Å²) >= 11 is 0. The molecule has 1 aromatic heterocycles. The quantitative estimate of drug-likeness (QED) is 0.759. The molecule has 27 heavy (non-hydrogen) atoms. The first-order valence-electron chi connectivity index (χ1n) is 8.68. The molecule has 9 heteroatoms. The minimum Gasteiger partial charge on any atom is -0.273 e. The largest absolute Gasteiger partial charge is 0.273 e. The van der Waals surface area contributed by atoms with Gasteiger partial charge < -0.3 is 0 Å². The van der Waals surface area contributed by atoms with Crippen molar-refractivity contribution in [1.29, 1.82) is 0 Å². The highest BCUT2D eigenvalue weighted by atomic mass is 32.2. The van der Waals surface area contributed by atoms with Crippen LogP contribution in [0.4, 0.5) is 0 Å². The molecular formula is C18H22N4O4S. The summed E-state index contributed by atoms with van der Waals surface area (Å²) in [4.78, 5) is 24.5. The fourth-order valence-electron chi connectivity index (χ4n) is 3.33. The summed E-state index contributed by atoms with van der Waals surface area (Å²) in [6.07, 6.45) is 0.548. The van der Waals surface area contributed by atoms with Crippen molar-refractivity contribution in [1.82, 2.24) is 20.6 Å². The van der Waals surface area contributed by atoms with Crippen LogP contribution in [-0.2, 0) is 14.6 Å². The van der Waals surface area contributed by atoms with Crippen molar-refractivity contribution in [3.8, 4) is 5.69 Å². The number of carbonyl (C=O) groups excluding carboxylic acids is 2. The van der Waals surface area contributed by atoms with Crippen LogP contribution in [0.1, 0.15) is 34.6 Å². The number of nitrogens with zero attached hydrogens (tertiary/aromatic N) is 2. The van der Waals surface area contributed by atoms with Crippen LogP contribution < -0.4 is 10.9 Å². The normalized spacial score (nSPS) is 18.2. The van der Waals surface area contributed by atoms with Gasteiger partial charge in [-0.15, -0.1) is 0 Å². The molecule has 2 amide bonds. The van der Waals surface area contributed by atoms with Gasteiger partial charge in [0, 0.05) is 6.42 Å². The highest BCUT2D eigenvalue weighted by Gasteiger charge is 2.29. The molecule has 0 spiro atoms. The Labute approximate surface area is 157 Å². The van der Waals surface area contributed by atoms with Crippen molar-refractivity contribution in [2.75, 3.05) is 11.5 Å². The van der Waals surface area contributed by atoms with Gasteiger partial charge in [0.25, 0.3) is 5.91 Å². The Kier molecular flexibility index (Phi) is 5.31. The van der Waals surface area contributed by atoms with Gasteiger partial charge in [-0.1, -0.05) is 18.2 Å². The molecule has 3 rings (SSSR count). The maximum atomic E-state index is 12.5. The van der Waals surface area contributed by atoms with Crippen molar-refractivity contribution >= 4 is 21.7 Å². The van der Waals surface area contributed by atoms with Gasteiger partial charge >= 0.3 is 0 Å². The monoisotopic (exact) mass is 390 g/mol. The van der Waals surface area contributed by atoms with Crippen LogP contribution in [0.5, 0.6) is 0 Å². The third kappa shape index (κ3) is 4.36. The lowest BCUT2D eigenvalue weighted by atomic mass is 10.1. The van der Waals surface area contributed by atoms with Gasteiger partial charge in [-0.05, 0) is 38.3 Å². The topological polar surface area (TPSA) is 110 Å². The average molecular weight is 390 g/mol. The highest BCUT2D eigenvalue weighted by Crippen LogP contribution is 2.21. The van der Waals surface area contributed by atoms with E-state index in [1.165, 1.54) is 0 Å². The van der Waals surface area contributed by atoms with E-state index in [-0.39, 0.29) is 23.8 Å². The molecule has 1 aromatic carbocycles. The maximum absolute atomic E-state index is 12.5. The summed E-state index contributed by atoms with van der Waals surface area (Å²) in [6, 6.07) is 9.44. The van der Waals surface area contributed by atoms with E-state index in [1.807, 2.05) is 30.3 Å². The first-order valence-corrected chi connectivity index (χ1v) is 10.5. The summed E-state index contributed by atoms with van der Waals surface area (Å²) in [5.41, 5.74) is 7.20. The van der Waals surface area contributed by atoms with Gasteiger partial charge in [0.2, 0.25) is 5.91 Å². The molecule has 1 atom stereocenters. The van der Waals surface area contributed by atoms with E-state index in [1.54, 1.807) is 18.5 Å². The van der Waals surface area contributed by atoms with Gasteiger partial charge in [0.05, 0.1) is 34.1 Å². The van der Waals surface area contributed by atoms with Crippen molar-refractivity contribution in [3.63, 3.8) is 0 Å². The van der Waals surface area contributed by atoms with Crippen LogP contribution in [0.2, 0.25) is 0 Å². The molecule has 144 valence electrons. The van der Waals surface area contributed by atoms with E-state index < -0.39 is 21.7 Å². The van der Waals surface area contributed by atoms with E-state index in [0.29, 0.717) is 23.4 Å². The number of nitrogens with one attached hydrogen (secondary N) is 2. The number of aromatic nitrogens is 2. The third-order valence-electron chi connectivity index (χ3n) is 4.64. The molecule has 2 N–H and O–H groups in total. The highest BCUT2D eigenvalue weighted by molar-refractivity contribution is 7.91. The number of aryl methyl sites for hydroxylation is 1. The number of amides is 2. The summed E-state index contributed by atoms with van der Waals surface area (Å²) in [6.45, 7) is 3.51. The van der Waals surface area contributed by atoms with Gasteiger partial charge in [0.15, 0.2) is 9.84 Å². The molecule has 8 nitrogen and oxygen atoms in total. The zero-order valence-corrected chi connectivity index (χ0v) is 16.0. The predicted molar refractivity (Wildman–Crippen MR) is 100 cm³/mol. The number of hydrogen-bond donors (Lipinski definition) is 2. The van der Waals surface area contributed by atoms with Crippen LogP contribution in [0.3, 0.4) is 0 Å². The Bertz CT molecular complexity index is 967. The number of rotatable bonds is 4. The summed E-state index contributed by atoms with van der Waals surface area (Å²) in [5, 5.41) is 4.40. The Morgan fingerprint density at radius 3 is 2.52 bits per heavy atom. The van der Waals surface area contributed by atoms with Crippen LogP contribution in [-0.4, -0.2) is 41.5 Å². The van der Waals surface area contributed by atoms with E-state index >= 15 is 0 Å². The van der Waals surface area contributed by atoms with E-state index in [0.717, 1.165) is 5.69 Å². The fourth-order valence-corrected chi connectivity index (χ4v) is 5.19. The smallest absolute Gasteiger partial charge is 0.273 e. The molecule has 1 aliphatic heterocycles. The predicted octanol–water partition coefficient (Wildman–Crippen LogP) is 1.07. The van der Waals surface area contributed by atoms with E-state index in [2.05, 4.69) is 16.0 Å². The molecule has 1 fully saturated rings. The van der Waals surface area contributed by atoms with Crippen LogP contribution in [0.25, 0.3) is 5.69 Å². The zero-order chi connectivity index (χ0) is 19.6. The minimum absolute atomic E-state index is 0.0242. The van der Waals surface area contributed by atoms with Crippen molar-refractivity contribution in [2.24, 2.45) is 5.92 Å². The third-order valence-corrected chi connectivity index (χ3v) is 6.47. The first kappa shape index (κ1) is 19.1. The number of benzene rings is 1. The Morgan fingerprint density at radius 1 is 1.19 bits per heavy atom. The molecule has 1 saturated heterocycles. The van der Waals surface area contributed by atoms with Crippen LogP contribution in [0.15, 0.2) is 30.3 Å². The number of hydrogen-bond acceptors (Lipinski definition) is 5. The number of sulfone groups is 1. The summed E-state index contributed by atoms with van der Waals surface area (Å²) < 4.78 is 24.6. The van der Waals surface area contributed by atoms with Gasteiger partial charge in [-0.2, -0.15) is 5.10 Å². The average Bonchev–Trinajstić information content (AvgIpc) is 3.11. The Morgan fingerprint density at radius 2 is 1.89 bits per heavy atom. The van der Waals surface area contributed by atoms with E-state index in [4.69, 9.17) is 0 Å². The fraction of sp³-hybridized carbons (Fsp3) is 0.389. The molecule has 2 aromatic rings. The summed E-state index contributed by atoms with van der Waals surface area (Å²) in [7, 11) is -3.03. The van der Waals surface area contributed by atoms with Gasteiger partial charge in [0.1, 0.15) is 0 Å². The van der Waals surface area contributed by atoms with Gasteiger partial charge in [-0.3, -0.25) is 20.4 Å². The van der Waals surface area contributed by atoms with Crippen molar-refractivity contribution in [3.05, 3.63) is 47.3 Å². The second-order valence-electron chi connectivity index (χ2n) is 6.77. The molecule has 0 unspecified atom stereocenters. The maximum Gasteiger partial charge on any atom is 0.273 e. The SMILES string of the molecule is Cc1nn(-c2ccccc2)c(C)c1C(=O)NNC(=O)C[C@H]1CCS(=O)(=O)C1. The van der Waals surface area contributed by atoms with Crippen molar-refractivity contribution < 1.29 is 18.0 Å². The Balaban J connectivity index is 1.63. The molecule has 1 aliphatic rings. The second-order valence-corrected chi connectivity index (χ2v) is 9.00. The minimum atomic E-state index is -3.03. The first-order chi connectivity index (χ1) is 12.8. The number of hydrazine groups is 1. The van der Waals surface area contributed by atoms with Crippen molar-refractivity contribution in [2.45, 2.75) is 26.7 Å². The molecule has 0 aliphatic carbocycles. The second kappa shape index (κ2) is 7.51. The number of carbonyl (C=O) groups is 2. The van der Waals surface area contributed by atoms with E-state index in [9.17, 15) is 18.0 Å². The Hall–Kier alpha value is -2.68. The van der Waals surface area contributed by atoms with Crippen LogP contribution >= 0.6 is 0 Å². The molecule has 0 bridgehead atoms. The number of para-hydroxylation sites is 1. The lowest BCUT2D eigenvalue weighted by Gasteiger charge is -2.10. The lowest BCUT2D eigenvalue weighted by Crippen LogP contribution is -2.42.